The fourth-order valence-corrected chi connectivity index (χ4v) is 7.58. The number of hydrogen-bond donors (Lipinski definition) is 2. The molecule has 4 heterocycles. The van der Waals surface area contributed by atoms with Gasteiger partial charge in [0, 0.05) is 60.0 Å². The van der Waals surface area contributed by atoms with Gasteiger partial charge in [0.25, 0.3) is 11.8 Å². The second-order valence-electron chi connectivity index (χ2n) is 15.2. The van der Waals surface area contributed by atoms with E-state index in [1.54, 1.807) is 27.8 Å². The van der Waals surface area contributed by atoms with Crippen molar-refractivity contribution in [3.8, 4) is 0 Å². The van der Waals surface area contributed by atoms with Crippen molar-refractivity contribution in [1.29, 1.82) is 0 Å². The number of benzene rings is 2. The molecule has 0 spiro atoms. The van der Waals surface area contributed by atoms with Crippen LogP contribution in [0.4, 0.5) is 10.5 Å². The standard InChI is InChI=1S/C42H49N9O3/c1-25(2)18-35-40(53)50(23-29-10-8-7-9-11-29)37-19-30(14-17-34(37)28(5)45-35)39(52)46-32-15-12-26(3)36(20-32)51-24-31-21-44-41(48-38(31)49(6)42(51)54)47-33-16-13-27(4)43-22-33/h7-12,14,17,19-22,25,31-32,35,38H,13,15-16,18,23-24H2,1-6H3,(H,46,52)(H,47,48)/t31?,32?,35-,38?/m0/s1. The second kappa shape index (κ2) is 15.4. The average Bonchev–Trinajstić information content (AvgIpc) is 3.25. The third kappa shape index (κ3) is 7.69. The monoisotopic (exact) mass is 727 g/mol. The van der Waals surface area contributed by atoms with Crippen LogP contribution in [0.15, 0.2) is 104 Å². The Hall–Kier alpha value is -5.65. The van der Waals surface area contributed by atoms with Crippen molar-refractivity contribution < 1.29 is 14.4 Å². The van der Waals surface area contributed by atoms with Gasteiger partial charge in [-0.1, -0.05) is 56.3 Å². The zero-order valence-electron chi connectivity index (χ0n) is 31.9. The number of benzodiazepines with no additional fused rings is 1. The molecule has 4 aliphatic heterocycles. The van der Waals surface area contributed by atoms with E-state index in [1.165, 1.54) is 0 Å². The Kier molecular flexibility index (Phi) is 10.4. The van der Waals surface area contributed by atoms with E-state index in [0.717, 1.165) is 52.4 Å². The number of fused-ring (bicyclic) bond motifs is 2. The highest BCUT2D eigenvalue weighted by molar-refractivity contribution is 6.13. The molecule has 1 aliphatic carbocycles. The molecule has 4 amide bonds. The number of rotatable bonds is 8. The number of nitrogens with zero attached hydrogens (tertiary/aromatic N) is 7. The Labute approximate surface area is 317 Å². The van der Waals surface area contributed by atoms with Crippen LogP contribution in [-0.4, -0.2) is 83.1 Å². The Morgan fingerprint density at radius 1 is 1.02 bits per heavy atom. The first-order valence-corrected chi connectivity index (χ1v) is 18.8. The van der Waals surface area contributed by atoms with Gasteiger partial charge in [0.2, 0.25) is 5.96 Å². The van der Waals surface area contributed by atoms with Gasteiger partial charge in [0.15, 0.2) is 0 Å². The minimum Gasteiger partial charge on any atom is -0.345 e. The maximum absolute atomic E-state index is 14.1. The number of urea groups is 1. The third-order valence-corrected chi connectivity index (χ3v) is 10.6. The van der Waals surface area contributed by atoms with Gasteiger partial charge in [-0.25, -0.2) is 14.8 Å². The SMILES string of the molecule is CC1=CCC(NC(=O)c2ccc3c(c2)N(Cc2ccccc2)C(=O)[C@H](CC(C)C)N=C3C)C=C1N1CC2C=NC(NC3=CN=C(C)CC3)=NC2N(C)C1=O. The summed E-state index contributed by atoms with van der Waals surface area (Å²) in [6.45, 7) is 10.9. The summed E-state index contributed by atoms with van der Waals surface area (Å²) in [6.07, 6.45) is 10.3. The molecule has 2 N–H and O–H groups in total. The molecule has 0 aromatic heterocycles. The van der Waals surface area contributed by atoms with Crippen LogP contribution >= 0.6 is 0 Å². The maximum Gasteiger partial charge on any atom is 0.325 e. The van der Waals surface area contributed by atoms with Gasteiger partial charge in [0.05, 0.1) is 24.2 Å². The van der Waals surface area contributed by atoms with Crippen LogP contribution in [0, 0.1) is 11.8 Å². The highest BCUT2D eigenvalue weighted by atomic mass is 16.2. The topological polar surface area (TPSA) is 134 Å². The van der Waals surface area contributed by atoms with E-state index in [9.17, 15) is 14.4 Å². The number of aliphatic imine (C=N–C) groups is 4. The molecule has 1 fully saturated rings. The number of carbonyl (C=O) groups excluding carboxylic acids is 3. The van der Waals surface area contributed by atoms with Crippen LogP contribution in [0.25, 0.3) is 0 Å². The summed E-state index contributed by atoms with van der Waals surface area (Å²) in [4.78, 5) is 65.8. The molecule has 2 aromatic rings. The fraction of sp³-hybridized carbons (Fsp3) is 0.405. The van der Waals surface area contributed by atoms with Crippen molar-refractivity contribution in [1.82, 2.24) is 20.4 Å². The molecule has 7 rings (SSSR count). The van der Waals surface area contributed by atoms with Crippen molar-refractivity contribution in [2.45, 2.75) is 85.1 Å². The number of anilines is 1. The summed E-state index contributed by atoms with van der Waals surface area (Å²) < 4.78 is 0. The molecule has 4 atom stereocenters. The molecule has 0 saturated carbocycles. The zero-order chi connectivity index (χ0) is 38.1. The highest BCUT2D eigenvalue weighted by Gasteiger charge is 2.41. The van der Waals surface area contributed by atoms with E-state index in [0.29, 0.717) is 43.1 Å². The van der Waals surface area contributed by atoms with Crippen molar-refractivity contribution in [2.75, 3.05) is 18.5 Å². The van der Waals surface area contributed by atoms with Gasteiger partial charge in [0.1, 0.15) is 12.2 Å². The zero-order valence-corrected chi connectivity index (χ0v) is 31.9. The van der Waals surface area contributed by atoms with Gasteiger partial charge in [-0.3, -0.25) is 24.5 Å². The molecule has 280 valence electrons. The van der Waals surface area contributed by atoms with Crippen LogP contribution < -0.4 is 15.5 Å². The first-order chi connectivity index (χ1) is 25.9. The quantitative estimate of drug-likeness (QED) is 0.334. The number of hydrogen-bond acceptors (Lipinski definition) is 8. The van der Waals surface area contributed by atoms with Crippen LogP contribution in [0.3, 0.4) is 0 Å². The van der Waals surface area contributed by atoms with Crippen molar-refractivity contribution in [2.24, 2.45) is 31.8 Å². The molecule has 12 heteroatoms. The van der Waals surface area contributed by atoms with Crippen LogP contribution in [0.5, 0.6) is 0 Å². The van der Waals surface area contributed by atoms with Crippen molar-refractivity contribution >= 4 is 47.1 Å². The predicted octanol–water partition coefficient (Wildman–Crippen LogP) is 6.23. The highest BCUT2D eigenvalue weighted by Crippen LogP contribution is 2.33. The summed E-state index contributed by atoms with van der Waals surface area (Å²) in [5.74, 6) is 0.310. The smallest absolute Gasteiger partial charge is 0.325 e. The molecular weight excluding hydrogens is 679 g/mol. The summed E-state index contributed by atoms with van der Waals surface area (Å²) in [6, 6.07) is 14.4. The summed E-state index contributed by atoms with van der Waals surface area (Å²) in [5, 5.41) is 6.46. The van der Waals surface area contributed by atoms with E-state index < -0.39 is 6.04 Å². The maximum atomic E-state index is 14.1. The minimum absolute atomic E-state index is 0.0744. The Morgan fingerprint density at radius 3 is 2.56 bits per heavy atom. The molecule has 0 bridgehead atoms. The number of allylic oxidation sites excluding steroid dienone is 2. The van der Waals surface area contributed by atoms with E-state index in [-0.39, 0.29) is 41.9 Å². The lowest BCUT2D eigenvalue weighted by atomic mass is 9.96. The van der Waals surface area contributed by atoms with Crippen molar-refractivity contribution in [3.63, 3.8) is 0 Å². The molecule has 12 nitrogen and oxygen atoms in total. The van der Waals surface area contributed by atoms with Gasteiger partial charge >= 0.3 is 6.03 Å². The van der Waals surface area contributed by atoms with Gasteiger partial charge in [-0.15, -0.1) is 0 Å². The lowest BCUT2D eigenvalue weighted by molar-refractivity contribution is -0.120. The third-order valence-electron chi connectivity index (χ3n) is 10.6. The number of carbonyl (C=O) groups is 3. The molecule has 1 saturated heterocycles. The summed E-state index contributed by atoms with van der Waals surface area (Å²) >= 11 is 0. The Bertz CT molecular complexity index is 2060. The number of nitrogens with one attached hydrogen (secondary N) is 2. The Balaban J connectivity index is 1.09. The largest absolute Gasteiger partial charge is 0.345 e. The molecule has 3 unspecified atom stereocenters. The summed E-state index contributed by atoms with van der Waals surface area (Å²) in [5.41, 5.74) is 7.48. The van der Waals surface area contributed by atoms with Crippen LogP contribution in [0.1, 0.15) is 81.8 Å². The van der Waals surface area contributed by atoms with Gasteiger partial charge in [-0.2, -0.15) is 0 Å². The fourth-order valence-electron chi connectivity index (χ4n) is 7.58. The predicted molar refractivity (Wildman–Crippen MR) is 214 cm³/mol. The lowest BCUT2D eigenvalue weighted by Crippen LogP contribution is -2.58. The van der Waals surface area contributed by atoms with E-state index in [1.807, 2.05) is 81.7 Å². The first kappa shape index (κ1) is 36.7. The van der Waals surface area contributed by atoms with E-state index in [4.69, 9.17) is 9.98 Å². The number of amides is 4. The first-order valence-electron chi connectivity index (χ1n) is 18.8. The Morgan fingerprint density at radius 2 is 1.81 bits per heavy atom. The molecule has 5 aliphatic rings. The number of guanidine groups is 1. The van der Waals surface area contributed by atoms with E-state index in [2.05, 4.69) is 40.5 Å². The second-order valence-corrected chi connectivity index (χ2v) is 15.2. The van der Waals surface area contributed by atoms with Crippen LogP contribution in [0.2, 0.25) is 0 Å². The molecule has 54 heavy (non-hydrogen) atoms. The van der Waals surface area contributed by atoms with Crippen LogP contribution in [-0.2, 0) is 11.3 Å². The van der Waals surface area contributed by atoms with Crippen molar-refractivity contribution in [3.05, 3.63) is 101 Å². The lowest BCUT2D eigenvalue weighted by Gasteiger charge is -2.44. The molecular formula is C42H49N9O3. The molecule has 0 radical (unpaired) electrons. The molecule has 2 aromatic carbocycles. The normalized spacial score (nSPS) is 24.0. The van der Waals surface area contributed by atoms with Gasteiger partial charge in [-0.05, 0) is 81.7 Å². The average molecular weight is 728 g/mol. The van der Waals surface area contributed by atoms with Gasteiger partial charge < -0.3 is 20.4 Å². The minimum atomic E-state index is -0.504. The summed E-state index contributed by atoms with van der Waals surface area (Å²) in [7, 11) is 1.77. The van der Waals surface area contributed by atoms with E-state index >= 15 is 0 Å².